The molecule has 1 fully saturated rings. The Morgan fingerprint density at radius 2 is 1.84 bits per heavy atom. The fraction of sp³-hybridized carbons (Fsp3) is 0.444. The van der Waals surface area contributed by atoms with E-state index in [0.29, 0.717) is 11.5 Å². The zero-order chi connectivity index (χ0) is 13.5. The molecule has 2 aromatic carbocycles. The van der Waals surface area contributed by atoms with Crippen LogP contribution in [-0.2, 0) is 0 Å². The lowest BCUT2D eigenvalue weighted by Gasteiger charge is -2.15. The quantitative estimate of drug-likeness (QED) is 0.843. The molecular weight excluding hydrogens is 230 g/mol. The first-order valence-corrected chi connectivity index (χ1v) is 7.28. The largest absolute Gasteiger partial charge is 0.310 e. The Bertz CT molecular complexity index is 585. The molecule has 0 aromatic heterocycles. The van der Waals surface area contributed by atoms with Crippen molar-refractivity contribution in [1.29, 1.82) is 0 Å². The van der Waals surface area contributed by atoms with Crippen molar-refractivity contribution in [3.8, 4) is 0 Å². The van der Waals surface area contributed by atoms with E-state index in [0.717, 1.165) is 12.5 Å². The lowest BCUT2D eigenvalue weighted by atomic mass is 10.0. The third-order valence-electron chi connectivity index (χ3n) is 4.66. The monoisotopic (exact) mass is 253 g/mol. The van der Waals surface area contributed by atoms with Gasteiger partial charge in [-0.1, -0.05) is 50.2 Å². The molecule has 0 radical (unpaired) electrons. The van der Waals surface area contributed by atoms with Crippen LogP contribution in [0.4, 0.5) is 0 Å². The molecule has 0 aliphatic heterocycles. The molecule has 2 aromatic rings. The lowest BCUT2D eigenvalue weighted by Crippen LogP contribution is -2.22. The van der Waals surface area contributed by atoms with Crippen LogP contribution < -0.4 is 5.32 Å². The van der Waals surface area contributed by atoms with Crippen LogP contribution in [0.5, 0.6) is 0 Å². The second-order valence-corrected chi connectivity index (χ2v) is 6.63. The van der Waals surface area contributed by atoms with Crippen molar-refractivity contribution >= 4 is 10.8 Å². The van der Waals surface area contributed by atoms with Crippen LogP contribution in [0.25, 0.3) is 10.8 Å². The summed E-state index contributed by atoms with van der Waals surface area (Å²) < 4.78 is 0. The minimum absolute atomic E-state index is 0.431. The summed E-state index contributed by atoms with van der Waals surface area (Å²) in [4.78, 5) is 0. The van der Waals surface area contributed by atoms with E-state index in [1.54, 1.807) is 0 Å². The molecular formula is C18H23N. The second kappa shape index (κ2) is 4.64. The number of rotatable bonds is 4. The highest BCUT2D eigenvalue weighted by atomic mass is 14.9. The van der Waals surface area contributed by atoms with Gasteiger partial charge in [0.25, 0.3) is 0 Å². The highest BCUT2D eigenvalue weighted by Crippen LogP contribution is 2.51. The van der Waals surface area contributed by atoms with Gasteiger partial charge < -0.3 is 5.32 Å². The molecule has 0 saturated heterocycles. The first-order valence-electron chi connectivity index (χ1n) is 7.28. The van der Waals surface area contributed by atoms with Gasteiger partial charge in [-0.3, -0.25) is 0 Å². The normalized spacial score (nSPS) is 22.4. The Hall–Kier alpha value is -1.34. The predicted octanol–water partition coefficient (Wildman–Crippen LogP) is 4.54. The average molecular weight is 253 g/mol. The van der Waals surface area contributed by atoms with Crippen LogP contribution in [0, 0.1) is 11.3 Å². The molecule has 2 atom stereocenters. The maximum absolute atomic E-state index is 3.68. The van der Waals surface area contributed by atoms with Crippen molar-refractivity contribution in [1.82, 2.24) is 5.32 Å². The first kappa shape index (κ1) is 12.7. The standard InChI is InChI=1S/C18H23N/c1-13(19-12-17-11-18(17,2)3)15-9-8-14-6-4-5-7-16(14)10-15/h4-10,13,17,19H,11-12H2,1-3H3. The van der Waals surface area contributed by atoms with Gasteiger partial charge in [0.15, 0.2) is 0 Å². The SMILES string of the molecule is CC(NCC1CC1(C)C)c1ccc2ccccc2c1. The summed E-state index contributed by atoms with van der Waals surface area (Å²) in [6.45, 7) is 8.13. The van der Waals surface area contributed by atoms with E-state index in [1.807, 2.05) is 0 Å². The van der Waals surface area contributed by atoms with E-state index >= 15 is 0 Å². The van der Waals surface area contributed by atoms with Gasteiger partial charge in [-0.2, -0.15) is 0 Å². The summed E-state index contributed by atoms with van der Waals surface area (Å²) in [7, 11) is 0. The van der Waals surface area contributed by atoms with Gasteiger partial charge in [0.05, 0.1) is 0 Å². The highest BCUT2D eigenvalue weighted by Gasteiger charge is 2.44. The van der Waals surface area contributed by atoms with Crippen LogP contribution in [0.3, 0.4) is 0 Å². The van der Waals surface area contributed by atoms with Crippen LogP contribution >= 0.6 is 0 Å². The third kappa shape index (κ3) is 2.66. The maximum Gasteiger partial charge on any atom is 0.0292 e. The van der Waals surface area contributed by atoms with Crippen LogP contribution in [0.2, 0.25) is 0 Å². The molecule has 0 spiro atoms. The smallest absolute Gasteiger partial charge is 0.0292 e. The number of nitrogens with one attached hydrogen (secondary N) is 1. The third-order valence-corrected chi connectivity index (χ3v) is 4.66. The highest BCUT2D eigenvalue weighted by molar-refractivity contribution is 5.83. The van der Waals surface area contributed by atoms with Gasteiger partial charge in [0.2, 0.25) is 0 Å². The molecule has 1 heteroatoms. The zero-order valence-corrected chi connectivity index (χ0v) is 12.1. The molecule has 1 N–H and O–H groups in total. The molecule has 0 amide bonds. The number of hydrogen-bond donors (Lipinski definition) is 1. The Kier molecular flexibility index (Phi) is 3.10. The minimum atomic E-state index is 0.431. The molecule has 1 aliphatic carbocycles. The molecule has 1 saturated carbocycles. The van der Waals surface area contributed by atoms with Crippen molar-refractivity contribution in [3.63, 3.8) is 0 Å². The number of hydrogen-bond acceptors (Lipinski definition) is 1. The molecule has 3 rings (SSSR count). The molecule has 1 aliphatic rings. The molecule has 100 valence electrons. The summed E-state index contributed by atoms with van der Waals surface area (Å²) >= 11 is 0. The van der Waals surface area contributed by atoms with Crippen molar-refractivity contribution in [2.45, 2.75) is 33.2 Å². The van der Waals surface area contributed by atoms with E-state index in [-0.39, 0.29) is 0 Å². The van der Waals surface area contributed by atoms with Crippen molar-refractivity contribution in [2.24, 2.45) is 11.3 Å². The van der Waals surface area contributed by atoms with Crippen molar-refractivity contribution < 1.29 is 0 Å². The van der Waals surface area contributed by atoms with Crippen LogP contribution in [0.15, 0.2) is 42.5 Å². The average Bonchev–Trinajstić information content (AvgIpc) is 3.03. The zero-order valence-electron chi connectivity index (χ0n) is 12.1. The topological polar surface area (TPSA) is 12.0 Å². The van der Waals surface area contributed by atoms with E-state index in [4.69, 9.17) is 0 Å². The van der Waals surface area contributed by atoms with E-state index in [2.05, 4.69) is 68.6 Å². The van der Waals surface area contributed by atoms with Gasteiger partial charge in [-0.15, -0.1) is 0 Å². The summed E-state index contributed by atoms with van der Waals surface area (Å²) in [5.41, 5.74) is 1.95. The first-order chi connectivity index (χ1) is 9.06. The Morgan fingerprint density at radius 3 is 2.53 bits per heavy atom. The van der Waals surface area contributed by atoms with Gasteiger partial charge in [0.1, 0.15) is 0 Å². The van der Waals surface area contributed by atoms with E-state index in [9.17, 15) is 0 Å². The van der Waals surface area contributed by atoms with E-state index < -0.39 is 0 Å². The molecule has 0 bridgehead atoms. The maximum atomic E-state index is 3.68. The Labute approximate surface area is 116 Å². The second-order valence-electron chi connectivity index (χ2n) is 6.63. The van der Waals surface area contributed by atoms with Crippen LogP contribution in [0.1, 0.15) is 38.8 Å². The Morgan fingerprint density at radius 1 is 1.16 bits per heavy atom. The molecule has 19 heavy (non-hydrogen) atoms. The summed E-state index contributed by atoms with van der Waals surface area (Å²) in [5, 5.41) is 6.34. The fourth-order valence-corrected chi connectivity index (χ4v) is 2.84. The number of benzene rings is 2. The summed E-state index contributed by atoms with van der Waals surface area (Å²) in [6, 6.07) is 15.8. The minimum Gasteiger partial charge on any atom is -0.310 e. The fourth-order valence-electron chi connectivity index (χ4n) is 2.84. The van der Waals surface area contributed by atoms with Crippen molar-refractivity contribution in [2.75, 3.05) is 6.54 Å². The van der Waals surface area contributed by atoms with Gasteiger partial charge in [-0.05, 0) is 53.6 Å². The summed E-state index contributed by atoms with van der Waals surface area (Å²) in [5.74, 6) is 0.857. The number of fused-ring (bicyclic) bond motifs is 1. The lowest BCUT2D eigenvalue weighted by molar-refractivity contribution is 0.485. The van der Waals surface area contributed by atoms with Crippen LogP contribution in [-0.4, -0.2) is 6.54 Å². The van der Waals surface area contributed by atoms with Crippen molar-refractivity contribution in [3.05, 3.63) is 48.0 Å². The summed E-state index contributed by atoms with van der Waals surface area (Å²) in [6.07, 6.45) is 1.37. The predicted molar refractivity (Wildman–Crippen MR) is 82.3 cm³/mol. The van der Waals surface area contributed by atoms with E-state index in [1.165, 1.54) is 22.8 Å². The Balaban J connectivity index is 1.69. The molecule has 1 nitrogen and oxygen atoms in total. The molecule has 0 heterocycles. The van der Waals surface area contributed by atoms with Gasteiger partial charge in [-0.25, -0.2) is 0 Å². The van der Waals surface area contributed by atoms with Gasteiger partial charge >= 0.3 is 0 Å². The molecule has 2 unspecified atom stereocenters. The van der Waals surface area contributed by atoms with Gasteiger partial charge in [0, 0.05) is 6.04 Å².